The van der Waals surface area contributed by atoms with Crippen molar-refractivity contribution in [2.24, 2.45) is 5.73 Å². The van der Waals surface area contributed by atoms with Gasteiger partial charge in [0.25, 0.3) is 0 Å². The molecule has 0 saturated heterocycles. The number of hydrogen-bond donors (Lipinski definition) is 2. The summed E-state index contributed by atoms with van der Waals surface area (Å²) in [4.78, 5) is 4.34. The molecule has 20 heavy (non-hydrogen) atoms. The maximum atomic E-state index is 9.30. The van der Waals surface area contributed by atoms with Gasteiger partial charge in [-0.25, -0.2) is 0 Å². The van der Waals surface area contributed by atoms with Crippen LogP contribution < -0.4 is 11.1 Å². The number of benzene rings is 1. The molecule has 1 aromatic heterocycles. The van der Waals surface area contributed by atoms with E-state index in [2.05, 4.69) is 16.4 Å². The van der Waals surface area contributed by atoms with Gasteiger partial charge < -0.3 is 11.1 Å². The molecule has 0 aliphatic heterocycles. The van der Waals surface area contributed by atoms with Gasteiger partial charge in [-0.15, -0.1) is 0 Å². The zero-order valence-electron chi connectivity index (χ0n) is 11.3. The van der Waals surface area contributed by atoms with Crippen LogP contribution in [0.4, 0.5) is 5.69 Å². The molecule has 3 rings (SSSR count). The molecule has 0 amide bonds. The summed E-state index contributed by atoms with van der Waals surface area (Å²) in [5, 5.41) is 13.9. The average molecular weight is 266 g/mol. The van der Waals surface area contributed by atoms with Gasteiger partial charge in [-0.05, 0) is 31.7 Å². The molecule has 2 aromatic rings. The number of pyridine rings is 1. The predicted molar refractivity (Wildman–Crippen MR) is 80.3 cm³/mol. The maximum absolute atomic E-state index is 9.30. The summed E-state index contributed by atoms with van der Waals surface area (Å²) in [5.41, 5.74) is 8.39. The first-order valence-electron chi connectivity index (χ1n) is 7.08. The van der Waals surface area contributed by atoms with Gasteiger partial charge in [0.2, 0.25) is 0 Å². The van der Waals surface area contributed by atoms with Gasteiger partial charge in [0.1, 0.15) is 6.07 Å². The van der Waals surface area contributed by atoms with Crippen LogP contribution in [0, 0.1) is 11.3 Å². The van der Waals surface area contributed by atoms with Crippen molar-refractivity contribution in [3.8, 4) is 6.07 Å². The number of nitrogens with zero attached hydrogens (tertiary/aromatic N) is 2. The number of rotatable bonds is 2. The lowest BCUT2D eigenvalue weighted by molar-refractivity contribution is 0.411. The van der Waals surface area contributed by atoms with Gasteiger partial charge in [-0.3, -0.25) is 4.98 Å². The Kier molecular flexibility index (Phi) is 3.53. The van der Waals surface area contributed by atoms with Crippen LogP contribution in [0.25, 0.3) is 10.9 Å². The molecule has 1 fully saturated rings. The van der Waals surface area contributed by atoms with Crippen molar-refractivity contribution in [1.29, 1.82) is 5.26 Å². The van der Waals surface area contributed by atoms with E-state index < -0.39 is 0 Å². The number of nitrogens with one attached hydrogen (secondary N) is 1. The summed E-state index contributed by atoms with van der Waals surface area (Å²) in [6.07, 6.45) is 5.86. The summed E-state index contributed by atoms with van der Waals surface area (Å²) in [7, 11) is 0. The molecule has 0 spiro atoms. The Hall–Kier alpha value is -2.12. The summed E-state index contributed by atoms with van der Waals surface area (Å²) in [6.45, 7) is 0. The van der Waals surface area contributed by atoms with Crippen molar-refractivity contribution in [1.82, 2.24) is 4.98 Å². The Balaban J connectivity index is 1.95. The lowest BCUT2D eigenvalue weighted by atomic mass is 9.91. The molecule has 0 bridgehead atoms. The minimum absolute atomic E-state index is 0.331. The summed E-state index contributed by atoms with van der Waals surface area (Å²) in [5.74, 6) is 0. The highest BCUT2D eigenvalue weighted by atomic mass is 14.9. The van der Waals surface area contributed by atoms with E-state index in [4.69, 9.17) is 5.73 Å². The van der Waals surface area contributed by atoms with Gasteiger partial charge in [-0.1, -0.05) is 18.2 Å². The molecule has 3 N–H and O–H groups in total. The number of nitrogens with two attached hydrogens (primary N) is 1. The largest absolute Gasteiger partial charge is 0.381 e. The molecule has 4 nitrogen and oxygen atoms in total. The standard InChI is InChI=1S/C16H18N4/c17-9-11-10-19-15-4-2-1-3-14(15)16(11)20-13-7-5-12(18)6-8-13/h1-4,10,12-13H,5-8,18H2,(H,19,20). The highest BCUT2D eigenvalue weighted by molar-refractivity contribution is 5.93. The first kappa shape index (κ1) is 12.9. The Morgan fingerprint density at radius 2 is 1.95 bits per heavy atom. The van der Waals surface area contributed by atoms with Crippen molar-refractivity contribution in [3.05, 3.63) is 36.0 Å². The smallest absolute Gasteiger partial charge is 0.103 e. The minimum Gasteiger partial charge on any atom is -0.381 e. The van der Waals surface area contributed by atoms with E-state index >= 15 is 0 Å². The molecule has 1 aliphatic carbocycles. The maximum Gasteiger partial charge on any atom is 0.103 e. The minimum atomic E-state index is 0.331. The van der Waals surface area contributed by atoms with Crippen molar-refractivity contribution in [2.45, 2.75) is 37.8 Å². The fourth-order valence-corrected chi connectivity index (χ4v) is 2.85. The van der Waals surface area contributed by atoms with Crippen LogP contribution in [0.3, 0.4) is 0 Å². The molecule has 0 atom stereocenters. The van der Waals surface area contributed by atoms with Crippen LogP contribution in [-0.2, 0) is 0 Å². The molecule has 102 valence electrons. The van der Waals surface area contributed by atoms with E-state index in [0.717, 1.165) is 42.3 Å². The number of anilines is 1. The normalized spacial score (nSPS) is 22.4. The third kappa shape index (κ3) is 2.45. The van der Waals surface area contributed by atoms with Crippen LogP contribution in [0.2, 0.25) is 0 Å². The molecule has 1 saturated carbocycles. The Bertz CT molecular complexity index is 651. The van der Waals surface area contributed by atoms with Crippen LogP contribution in [0.5, 0.6) is 0 Å². The van der Waals surface area contributed by atoms with Gasteiger partial charge >= 0.3 is 0 Å². The number of nitriles is 1. The van der Waals surface area contributed by atoms with E-state index in [1.807, 2.05) is 24.3 Å². The topological polar surface area (TPSA) is 74.7 Å². The van der Waals surface area contributed by atoms with E-state index in [9.17, 15) is 5.26 Å². The lowest BCUT2D eigenvalue weighted by Gasteiger charge is -2.28. The molecule has 0 radical (unpaired) electrons. The average Bonchev–Trinajstić information content (AvgIpc) is 2.50. The predicted octanol–water partition coefficient (Wildman–Crippen LogP) is 2.79. The quantitative estimate of drug-likeness (QED) is 0.876. The van der Waals surface area contributed by atoms with Gasteiger partial charge in [-0.2, -0.15) is 5.26 Å². The van der Waals surface area contributed by atoms with Crippen molar-refractivity contribution >= 4 is 16.6 Å². The molecule has 4 heteroatoms. The van der Waals surface area contributed by atoms with Crippen LogP contribution >= 0.6 is 0 Å². The second kappa shape index (κ2) is 5.48. The number of fused-ring (bicyclic) bond motifs is 1. The zero-order chi connectivity index (χ0) is 13.9. The number of aromatic nitrogens is 1. The van der Waals surface area contributed by atoms with E-state index in [-0.39, 0.29) is 0 Å². The number of hydrogen-bond acceptors (Lipinski definition) is 4. The van der Waals surface area contributed by atoms with E-state index in [1.54, 1.807) is 6.20 Å². The molecule has 1 aromatic carbocycles. The van der Waals surface area contributed by atoms with Crippen LogP contribution in [-0.4, -0.2) is 17.1 Å². The van der Waals surface area contributed by atoms with Gasteiger partial charge in [0.05, 0.1) is 16.8 Å². The third-order valence-corrected chi connectivity index (χ3v) is 4.02. The SMILES string of the molecule is N#Cc1cnc2ccccc2c1NC1CCC(N)CC1. The highest BCUT2D eigenvalue weighted by Crippen LogP contribution is 2.29. The Morgan fingerprint density at radius 3 is 2.70 bits per heavy atom. The second-order valence-corrected chi connectivity index (χ2v) is 5.43. The first-order valence-corrected chi connectivity index (χ1v) is 7.08. The second-order valence-electron chi connectivity index (χ2n) is 5.43. The van der Waals surface area contributed by atoms with Crippen molar-refractivity contribution < 1.29 is 0 Å². The van der Waals surface area contributed by atoms with Crippen LogP contribution in [0.15, 0.2) is 30.5 Å². The monoisotopic (exact) mass is 266 g/mol. The molecule has 1 aliphatic rings. The first-order chi connectivity index (χ1) is 9.78. The fraction of sp³-hybridized carbons (Fsp3) is 0.375. The third-order valence-electron chi connectivity index (χ3n) is 4.02. The van der Waals surface area contributed by atoms with Crippen molar-refractivity contribution in [3.63, 3.8) is 0 Å². The van der Waals surface area contributed by atoms with Crippen molar-refractivity contribution in [2.75, 3.05) is 5.32 Å². The summed E-state index contributed by atoms with van der Waals surface area (Å²) in [6, 6.07) is 10.9. The molecule has 0 unspecified atom stereocenters. The van der Waals surface area contributed by atoms with Crippen LogP contribution in [0.1, 0.15) is 31.2 Å². The molecular formula is C16H18N4. The molecule has 1 heterocycles. The lowest BCUT2D eigenvalue weighted by Crippen LogP contribution is -2.33. The Morgan fingerprint density at radius 1 is 1.20 bits per heavy atom. The van der Waals surface area contributed by atoms with Gasteiger partial charge in [0, 0.05) is 23.7 Å². The van der Waals surface area contributed by atoms with E-state index in [1.165, 1.54) is 0 Å². The summed E-state index contributed by atoms with van der Waals surface area (Å²) < 4.78 is 0. The Labute approximate surface area is 118 Å². The van der Waals surface area contributed by atoms with Gasteiger partial charge in [0.15, 0.2) is 0 Å². The van der Waals surface area contributed by atoms with E-state index in [0.29, 0.717) is 17.6 Å². The molecular weight excluding hydrogens is 248 g/mol. The number of para-hydroxylation sites is 1. The fourth-order valence-electron chi connectivity index (χ4n) is 2.85. The summed E-state index contributed by atoms with van der Waals surface area (Å²) >= 11 is 0. The zero-order valence-corrected chi connectivity index (χ0v) is 11.3. The highest BCUT2D eigenvalue weighted by Gasteiger charge is 2.20.